The summed E-state index contributed by atoms with van der Waals surface area (Å²) in [5, 5.41) is 6.38. The molecule has 0 N–H and O–H groups in total. The molecule has 0 bridgehead atoms. The van der Waals surface area contributed by atoms with Gasteiger partial charge in [0, 0.05) is 43.7 Å². The summed E-state index contributed by atoms with van der Waals surface area (Å²) in [4.78, 5) is 31.9. The predicted molar refractivity (Wildman–Crippen MR) is 130 cm³/mol. The Kier molecular flexibility index (Phi) is 6.93. The van der Waals surface area contributed by atoms with Crippen LogP contribution < -0.4 is 4.90 Å². The molecule has 0 aliphatic rings. The number of aromatic nitrogens is 3. The average Bonchev–Trinajstić information content (AvgIpc) is 3.49. The van der Waals surface area contributed by atoms with E-state index < -0.39 is 5.82 Å². The van der Waals surface area contributed by atoms with Crippen molar-refractivity contribution >= 4 is 40.0 Å². The molecule has 0 spiro atoms. The molecule has 0 saturated heterocycles. The highest BCUT2D eigenvalue weighted by Crippen LogP contribution is 2.31. The summed E-state index contributed by atoms with van der Waals surface area (Å²) in [6.07, 6.45) is 6.61. The largest absolute Gasteiger partial charge is 0.338 e. The zero-order valence-corrected chi connectivity index (χ0v) is 19.4. The topological polar surface area (TPSA) is 71.3 Å². The lowest BCUT2D eigenvalue weighted by molar-refractivity contribution is -0.125. The molecule has 2 aromatic carbocycles. The van der Waals surface area contributed by atoms with E-state index in [4.69, 9.17) is 0 Å². The van der Waals surface area contributed by atoms with E-state index in [2.05, 4.69) is 10.1 Å². The lowest BCUT2D eigenvalue weighted by atomic mass is 10.3. The number of likely N-dealkylation sites (N-methyl/N-ethyl adjacent to an activating group) is 1. The van der Waals surface area contributed by atoms with Crippen LogP contribution in [0.15, 0.2) is 78.4 Å². The minimum atomic E-state index is -0.516. The number of nitrogens with zero attached hydrogens (tertiary/aromatic N) is 5. The van der Waals surface area contributed by atoms with Crippen LogP contribution in [0.5, 0.6) is 0 Å². The van der Waals surface area contributed by atoms with E-state index in [-0.39, 0.29) is 17.5 Å². The van der Waals surface area contributed by atoms with Crippen LogP contribution in [0.1, 0.15) is 18.2 Å². The van der Waals surface area contributed by atoms with Crippen LogP contribution in [-0.2, 0) is 16.1 Å². The number of anilines is 2. The summed E-state index contributed by atoms with van der Waals surface area (Å²) >= 11 is 1.19. The number of carbonyl (C=O) groups excluding carboxylic acids is 2. The lowest BCUT2D eigenvalue weighted by Crippen LogP contribution is -2.24. The monoisotopic (exact) mass is 475 g/mol. The highest BCUT2D eigenvalue weighted by atomic mass is 32.1. The molecule has 0 saturated carbocycles. The number of rotatable bonds is 7. The normalized spacial score (nSPS) is 11.0. The molecule has 0 aliphatic carbocycles. The Bertz CT molecular complexity index is 1330. The van der Waals surface area contributed by atoms with Gasteiger partial charge in [0.15, 0.2) is 5.13 Å². The van der Waals surface area contributed by atoms with Crippen molar-refractivity contribution < 1.29 is 14.0 Å². The first-order valence-corrected chi connectivity index (χ1v) is 11.3. The van der Waals surface area contributed by atoms with Crippen LogP contribution in [0.3, 0.4) is 0 Å². The van der Waals surface area contributed by atoms with Crippen molar-refractivity contribution in [1.29, 1.82) is 0 Å². The standard InChI is InChI=1S/C25H22FN5O2S/c1-18(32)31(23-11-7-6-10-22(23)26)25-28-20(17-34-25)12-13-24(33)29(2)15-19-14-27-30(16-19)21-8-4-3-5-9-21/h3-14,16-17H,15H2,1-2H3/b13-12+. The fourth-order valence-corrected chi connectivity index (χ4v) is 4.14. The second-order valence-corrected chi connectivity index (χ2v) is 8.35. The van der Waals surface area contributed by atoms with Gasteiger partial charge in [-0.3, -0.25) is 14.5 Å². The van der Waals surface area contributed by atoms with Gasteiger partial charge in [-0.15, -0.1) is 11.3 Å². The van der Waals surface area contributed by atoms with Gasteiger partial charge < -0.3 is 4.90 Å². The van der Waals surface area contributed by atoms with Crippen molar-refractivity contribution in [2.24, 2.45) is 0 Å². The van der Waals surface area contributed by atoms with Gasteiger partial charge in [0.25, 0.3) is 0 Å². The van der Waals surface area contributed by atoms with Gasteiger partial charge in [-0.25, -0.2) is 14.1 Å². The van der Waals surface area contributed by atoms with Crippen molar-refractivity contribution in [1.82, 2.24) is 19.7 Å². The van der Waals surface area contributed by atoms with Crippen LogP contribution >= 0.6 is 11.3 Å². The minimum Gasteiger partial charge on any atom is -0.338 e. The van der Waals surface area contributed by atoms with E-state index in [0.29, 0.717) is 17.4 Å². The second kappa shape index (κ2) is 10.2. The highest BCUT2D eigenvalue weighted by molar-refractivity contribution is 7.14. The number of hydrogen-bond donors (Lipinski definition) is 0. The van der Waals surface area contributed by atoms with Gasteiger partial charge in [-0.1, -0.05) is 30.3 Å². The Labute approximate surface area is 200 Å². The molecule has 9 heteroatoms. The zero-order chi connectivity index (χ0) is 24.1. The number of halogens is 1. The van der Waals surface area contributed by atoms with Gasteiger partial charge in [0.2, 0.25) is 11.8 Å². The Morgan fingerprint density at radius 1 is 1.12 bits per heavy atom. The molecule has 2 aromatic heterocycles. The number of hydrogen-bond acceptors (Lipinski definition) is 5. The number of thiazole rings is 1. The van der Waals surface area contributed by atoms with Crippen molar-refractivity contribution in [2.75, 3.05) is 11.9 Å². The van der Waals surface area contributed by atoms with Crippen molar-refractivity contribution in [3.8, 4) is 5.69 Å². The van der Waals surface area contributed by atoms with Gasteiger partial charge in [0.05, 0.1) is 23.3 Å². The smallest absolute Gasteiger partial charge is 0.246 e. The predicted octanol–water partition coefficient (Wildman–Crippen LogP) is 4.82. The van der Waals surface area contributed by atoms with Gasteiger partial charge in [-0.05, 0) is 30.3 Å². The quantitative estimate of drug-likeness (QED) is 0.359. The van der Waals surface area contributed by atoms with Gasteiger partial charge in [-0.2, -0.15) is 5.10 Å². The van der Waals surface area contributed by atoms with E-state index in [9.17, 15) is 14.0 Å². The molecule has 4 aromatic rings. The van der Waals surface area contributed by atoms with E-state index in [1.807, 2.05) is 36.5 Å². The molecule has 172 valence electrons. The van der Waals surface area contributed by atoms with Crippen LogP contribution in [0.2, 0.25) is 0 Å². The maximum absolute atomic E-state index is 14.2. The average molecular weight is 476 g/mol. The molecule has 2 heterocycles. The highest BCUT2D eigenvalue weighted by Gasteiger charge is 2.20. The van der Waals surface area contributed by atoms with Crippen LogP contribution in [-0.4, -0.2) is 38.5 Å². The number of benzene rings is 2. The van der Waals surface area contributed by atoms with Crippen LogP contribution in [0.25, 0.3) is 11.8 Å². The van der Waals surface area contributed by atoms with E-state index >= 15 is 0 Å². The van der Waals surface area contributed by atoms with E-state index in [1.165, 1.54) is 41.4 Å². The third-order valence-electron chi connectivity index (χ3n) is 4.96. The summed E-state index contributed by atoms with van der Waals surface area (Å²) in [5.74, 6) is -1.08. The van der Waals surface area contributed by atoms with Gasteiger partial charge in [0.1, 0.15) is 5.82 Å². The van der Waals surface area contributed by atoms with Crippen LogP contribution in [0.4, 0.5) is 15.2 Å². The fraction of sp³-hybridized carbons (Fsp3) is 0.120. The summed E-state index contributed by atoms with van der Waals surface area (Å²) in [6, 6.07) is 15.7. The Morgan fingerprint density at radius 3 is 2.59 bits per heavy atom. The molecule has 0 radical (unpaired) electrons. The Hall–Kier alpha value is -4.11. The SMILES string of the molecule is CC(=O)N(c1nc(/C=C/C(=O)N(C)Cc2cnn(-c3ccccc3)c2)cs1)c1ccccc1F. The summed E-state index contributed by atoms with van der Waals surface area (Å²) in [5.41, 5.74) is 2.47. The first-order valence-electron chi connectivity index (χ1n) is 10.5. The summed E-state index contributed by atoms with van der Waals surface area (Å²) in [6.45, 7) is 1.74. The fourth-order valence-electron chi connectivity index (χ4n) is 3.30. The molecule has 0 unspecified atom stereocenters. The van der Waals surface area contributed by atoms with E-state index in [0.717, 1.165) is 11.3 Å². The molecule has 0 fully saturated rings. The zero-order valence-electron chi connectivity index (χ0n) is 18.6. The minimum absolute atomic E-state index is 0.131. The third-order valence-corrected chi connectivity index (χ3v) is 5.80. The molecule has 2 amide bonds. The van der Waals surface area contributed by atoms with Crippen molar-refractivity contribution in [3.05, 3.63) is 95.5 Å². The van der Waals surface area contributed by atoms with Gasteiger partial charge >= 0.3 is 0 Å². The lowest BCUT2D eigenvalue weighted by Gasteiger charge is -2.18. The molecule has 7 nitrogen and oxygen atoms in total. The molecule has 0 aliphatic heterocycles. The van der Waals surface area contributed by atoms with Crippen LogP contribution in [0, 0.1) is 5.82 Å². The maximum atomic E-state index is 14.2. The molecule has 0 atom stereocenters. The van der Waals surface area contributed by atoms with E-state index in [1.54, 1.807) is 46.4 Å². The summed E-state index contributed by atoms with van der Waals surface area (Å²) < 4.78 is 16.0. The number of carbonyl (C=O) groups is 2. The first kappa shape index (κ1) is 23.1. The van der Waals surface area contributed by atoms with Crippen molar-refractivity contribution in [2.45, 2.75) is 13.5 Å². The number of amides is 2. The Balaban J connectivity index is 1.42. The first-order chi connectivity index (χ1) is 16.4. The summed E-state index contributed by atoms with van der Waals surface area (Å²) in [7, 11) is 1.70. The third kappa shape index (κ3) is 5.26. The molecule has 34 heavy (non-hydrogen) atoms. The number of para-hydroxylation sites is 2. The van der Waals surface area contributed by atoms with Crippen molar-refractivity contribution in [3.63, 3.8) is 0 Å². The maximum Gasteiger partial charge on any atom is 0.246 e. The second-order valence-electron chi connectivity index (χ2n) is 7.52. The molecular formula is C25H22FN5O2S. The molecular weight excluding hydrogens is 453 g/mol. The Morgan fingerprint density at radius 2 is 1.85 bits per heavy atom. The molecule has 4 rings (SSSR count).